The summed E-state index contributed by atoms with van der Waals surface area (Å²) in [6.07, 6.45) is 2.92. The summed E-state index contributed by atoms with van der Waals surface area (Å²) in [6.45, 7) is 3.42. The van der Waals surface area contributed by atoms with Crippen molar-refractivity contribution in [3.63, 3.8) is 0 Å². The SMILES string of the molecule is COc1cccc(-c2cc(CC3(O)CCN(Cc4ccc5c(c4)CCO5)CC3)on2)c1. The second-order valence-electron chi connectivity index (χ2n) is 8.63. The molecule has 2 aliphatic heterocycles. The molecule has 1 N–H and O–H groups in total. The number of benzene rings is 2. The third kappa shape index (κ3) is 4.45. The van der Waals surface area contributed by atoms with E-state index in [1.54, 1.807) is 7.11 Å². The Morgan fingerprint density at radius 3 is 2.84 bits per heavy atom. The zero-order chi connectivity index (χ0) is 21.3. The molecule has 0 bridgehead atoms. The number of ether oxygens (including phenoxy) is 2. The van der Waals surface area contributed by atoms with Crippen LogP contribution in [-0.4, -0.2) is 47.6 Å². The first kappa shape index (κ1) is 20.1. The molecule has 1 aromatic heterocycles. The first-order valence-electron chi connectivity index (χ1n) is 10.9. The number of rotatable bonds is 6. The highest BCUT2D eigenvalue weighted by Gasteiger charge is 2.34. The molecule has 3 aromatic rings. The highest BCUT2D eigenvalue weighted by Crippen LogP contribution is 2.31. The molecule has 1 saturated heterocycles. The number of methoxy groups -OCH3 is 1. The second kappa shape index (κ2) is 8.36. The number of hydrogen-bond donors (Lipinski definition) is 1. The van der Waals surface area contributed by atoms with Crippen LogP contribution in [0, 0.1) is 0 Å². The molecule has 3 heterocycles. The lowest BCUT2D eigenvalue weighted by Crippen LogP contribution is -2.45. The number of nitrogens with zero attached hydrogens (tertiary/aromatic N) is 2. The molecule has 5 rings (SSSR count). The lowest BCUT2D eigenvalue weighted by molar-refractivity contribution is -0.0265. The highest BCUT2D eigenvalue weighted by atomic mass is 16.5. The molecule has 0 aliphatic carbocycles. The molecule has 0 saturated carbocycles. The third-order valence-electron chi connectivity index (χ3n) is 6.37. The maximum atomic E-state index is 11.1. The van der Waals surface area contributed by atoms with Crippen molar-refractivity contribution in [2.75, 3.05) is 26.8 Å². The number of hydrogen-bond acceptors (Lipinski definition) is 6. The maximum absolute atomic E-state index is 11.1. The first-order chi connectivity index (χ1) is 15.1. The zero-order valence-corrected chi connectivity index (χ0v) is 17.8. The van der Waals surface area contributed by atoms with Gasteiger partial charge >= 0.3 is 0 Å². The molecule has 2 aliphatic rings. The number of fused-ring (bicyclic) bond motifs is 1. The van der Waals surface area contributed by atoms with E-state index in [1.165, 1.54) is 11.1 Å². The van der Waals surface area contributed by atoms with E-state index < -0.39 is 5.60 Å². The van der Waals surface area contributed by atoms with Gasteiger partial charge in [-0.1, -0.05) is 29.4 Å². The van der Waals surface area contributed by atoms with Gasteiger partial charge in [0.25, 0.3) is 0 Å². The van der Waals surface area contributed by atoms with E-state index in [0.717, 1.165) is 68.3 Å². The van der Waals surface area contributed by atoms with E-state index in [0.29, 0.717) is 12.2 Å². The Labute approximate surface area is 182 Å². The summed E-state index contributed by atoms with van der Waals surface area (Å²) in [4.78, 5) is 2.41. The predicted molar refractivity (Wildman–Crippen MR) is 117 cm³/mol. The zero-order valence-electron chi connectivity index (χ0n) is 17.8. The minimum absolute atomic E-state index is 0.480. The summed E-state index contributed by atoms with van der Waals surface area (Å²) in [5, 5.41) is 15.3. The smallest absolute Gasteiger partial charge is 0.140 e. The summed E-state index contributed by atoms with van der Waals surface area (Å²) in [5.41, 5.74) is 3.57. The Balaban J connectivity index is 1.18. The Hall–Kier alpha value is -2.83. The fourth-order valence-electron chi connectivity index (χ4n) is 4.54. The van der Waals surface area contributed by atoms with E-state index in [-0.39, 0.29) is 0 Å². The lowest BCUT2D eigenvalue weighted by atomic mass is 9.87. The van der Waals surface area contributed by atoms with Crippen molar-refractivity contribution >= 4 is 0 Å². The molecule has 31 heavy (non-hydrogen) atoms. The molecule has 0 unspecified atom stereocenters. The highest BCUT2D eigenvalue weighted by molar-refractivity contribution is 5.61. The van der Waals surface area contributed by atoms with Gasteiger partial charge in [-0.3, -0.25) is 4.90 Å². The largest absolute Gasteiger partial charge is 0.497 e. The predicted octanol–water partition coefficient (Wildman–Crippen LogP) is 3.85. The van der Waals surface area contributed by atoms with Crippen LogP contribution in [0.3, 0.4) is 0 Å². The van der Waals surface area contributed by atoms with E-state index >= 15 is 0 Å². The molecule has 0 radical (unpaired) electrons. The summed E-state index contributed by atoms with van der Waals surface area (Å²) >= 11 is 0. The number of piperidine rings is 1. The van der Waals surface area contributed by atoms with Crippen molar-refractivity contribution in [3.05, 3.63) is 65.4 Å². The fourth-order valence-corrected chi connectivity index (χ4v) is 4.54. The molecule has 162 valence electrons. The average molecular weight is 421 g/mol. The van der Waals surface area contributed by atoms with Crippen LogP contribution in [0.2, 0.25) is 0 Å². The van der Waals surface area contributed by atoms with Gasteiger partial charge in [-0.05, 0) is 42.2 Å². The van der Waals surface area contributed by atoms with Gasteiger partial charge in [0.05, 0.1) is 19.3 Å². The number of aromatic nitrogens is 1. The van der Waals surface area contributed by atoms with Crippen LogP contribution in [0.5, 0.6) is 11.5 Å². The van der Waals surface area contributed by atoms with Gasteiger partial charge in [-0.2, -0.15) is 0 Å². The molecule has 6 nitrogen and oxygen atoms in total. The van der Waals surface area contributed by atoms with Crippen molar-refractivity contribution < 1.29 is 19.1 Å². The van der Waals surface area contributed by atoms with Crippen LogP contribution in [-0.2, 0) is 19.4 Å². The molecule has 0 amide bonds. The van der Waals surface area contributed by atoms with Crippen molar-refractivity contribution in [1.82, 2.24) is 10.1 Å². The molecule has 0 atom stereocenters. The van der Waals surface area contributed by atoms with Crippen molar-refractivity contribution in [2.45, 2.75) is 37.8 Å². The number of aliphatic hydroxyl groups is 1. The van der Waals surface area contributed by atoms with Gasteiger partial charge in [0.15, 0.2) is 0 Å². The van der Waals surface area contributed by atoms with Crippen LogP contribution in [0.4, 0.5) is 0 Å². The normalized spacial score (nSPS) is 17.9. The summed E-state index contributed by atoms with van der Waals surface area (Å²) < 4.78 is 16.4. The summed E-state index contributed by atoms with van der Waals surface area (Å²) in [5.74, 6) is 2.52. The van der Waals surface area contributed by atoms with Gasteiger partial charge in [0.1, 0.15) is 23.0 Å². The van der Waals surface area contributed by atoms with Crippen LogP contribution in [0.15, 0.2) is 53.1 Å². The Kier molecular flexibility index (Phi) is 5.42. The van der Waals surface area contributed by atoms with E-state index in [1.807, 2.05) is 30.3 Å². The number of likely N-dealkylation sites (tertiary alicyclic amines) is 1. The molecule has 1 fully saturated rings. The van der Waals surface area contributed by atoms with E-state index in [2.05, 4.69) is 28.3 Å². The molecule has 0 spiro atoms. The van der Waals surface area contributed by atoms with Crippen molar-refractivity contribution in [2.24, 2.45) is 0 Å². The third-order valence-corrected chi connectivity index (χ3v) is 6.37. The molecule has 6 heteroatoms. The van der Waals surface area contributed by atoms with E-state index in [4.69, 9.17) is 14.0 Å². The lowest BCUT2D eigenvalue weighted by Gasteiger charge is -2.37. The van der Waals surface area contributed by atoms with Crippen LogP contribution in [0.1, 0.15) is 29.7 Å². The second-order valence-corrected chi connectivity index (χ2v) is 8.63. The van der Waals surface area contributed by atoms with Gasteiger partial charge in [0, 0.05) is 44.1 Å². The van der Waals surface area contributed by atoms with Gasteiger partial charge in [0.2, 0.25) is 0 Å². The van der Waals surface area contributed by atoms with Crippen LogP contribution < -0.4 is 9.47 Å². The van der Waals surface area contributed by atoms with Crippen LogP contribution >= 0.6 is 0 Å². The summed E-state index contributed by atoms with van der Waals surface area (Å²) in [6, 6.07) is 16.2. The Morgan fingerprint density at radius 2 is 2.00 bits per heavy atom. The van der Waals surface area contributed by atoms with Gasteiger partial charge in [-0.25, -0.2) is 0 Å². The minimum Gasteiger partial charge on any atom is -0.497 e. The summed E-state index contributed by atoms with van der Waals surface area (Å²) in [7, 11) is 1.65. The topological polar surface area (TPSA) is 68.0 Å². The fraction of sp³-hybridized carbons (Fsp3) is 0.400. The molecular weight excluding hydrogens is 392 g/mol. The van der Waals surface area contributed by atoms with E-state index in [9.17, 15) is 5.11 Å². The Bertz CT molecular complexity index is 1050. The first-order valence-corrected chi connectivity index (χ1v) is 10.9. The average Bonchev–Trinajstić information content (AvgIpc) is 3.44. The molecular formula is C25H28N2O4. The Morgan fingerprint density at radius 1 is 1.13 bits per heavy atom. The standard InChI is InChI=1S/C25H28N2O4/c1-29-21-4-2-3-19(14-21)23-15-22(31-26-23)16-25(28)8-10-27(11-9-25)17-18-5-6-24-20(13-18)7-12-30-24/h2-6,13-15,28H,7-12,16-17H2,1H3. The van der Waals surface area contributed by atoms with Gasteiger partial charge < -0.3 is 19.1 Å². The quantitative estimate of drug-likeness (QED) is 0.653. The monoisotopic (exact) mass is 420 g/mol. The van der Waals surface area contributed by atoms with Gasteiger partial charge in [-0.15, -0.1) is 0 Å². The van der Waals surface area contributed by atoms with Crippen molar-refractivity contribution in [3.8, 4) is 22.8 Å². The molecule has 2 aromatic carbocycles. The van der Waals surface area contributed by atoms with Crippen molar-refractivity contribution in [1.29, 1.82) is 0 Å². The van der Waals surface area contributed by atoms with Crippen LogP contribution in [0.25, 0.3) is 11.3 Å². The minimum atomic E-state index is -0.756. The maximum Gasteiger partial charge on any atom is 0.140 e.